The summed E-state index contributed by atoms with van der Waals surface area (Å²) in [6.45, 7) is 3.99. The molecular formula is C12H16N2O4. The first-order valence-corrected chi connectivity index (χ1v) is 5.97. The van der Waals surface area contributed by atoms with Crippen LogP contribution in [0.25, 0.3) is 0 Å². The Balaban J connectivity index is 2.05. The molecule has 1 aliphatic heterocycles. The normalized spacial score (nSPS) is 41.7. The number of hydrogen-bond acceptors (Lipinski definition) is 4. The molecule has 18 heavy (non-hydrogen) atoms. The number of hydrogen-bond donors (Lipinski definition) is 1. The van der Waals surface area contributed by atoms with Crippen molar-refractivity contribution < 1.29 is 9.47 Å². The number of H-pyrrole nitrogens is 1. The van der Waals surface area contributed by atoms with Crippen molar-refractivity contribution in [2.75, 3.05) is 7.11 Å². The molecule has 3 rings (SSSR count). The van der Waals surface area contributed by atoms with E-state index in [9.17, 15) is 9.59 Å². The van der Waals surface area contributed by atoms with E-state index in [1.54, 1.807) is 7.11 Å². The van der Waals surface area contributed by atoms with Crippen molar-refractivity contribution in [3.05, 3.63) is 33.1 Å². The first kappa shape index (κ1) is 11.7. The summed E-state index contributed by atoms with van der Waals surface area (Å²) >= 11 is 0. The minimum atomic E-state index is -0.445. The summed E-state index contributed by atoms with van der Waals surface area (Å²) in [6, 6.07) is 1.33. The highest BCUT2D eigenvalue weighted by molar-refractivity contribution is 5.24. The van der Waals surface area contributed by atoms with Gasteiger partial charge in [0.05, 0.1) is 6.10 Å². The van der Waals surface area contributed by atoms with Gasteiger partial charge in [-0.3, -0.25) is 14.3 Å². The van der Waals surface area contributed by atoms with Crippen LogP contribution in [0, 0.1) is 5.41 Å². The Morgan fingerprint density at radius 1 is 1.56 bits per heavy atom. The molecular weight excluding hydrogens is 236 g/mol. The van der Waals surface area contributed by atoms with Crippen LogP contribution >= 0.6 is 0 Å². The number of nitrogens with one attached hydrogen (secondary N) is 1. The number of aromatic amines is 1. The molecule has 0 radical (unpaired) electrons. The molecule has 1 aromatic rings. The maximum Gasteiger partial charge on any atom is 0.330 e. The van der Waals surface area contributed by atoms with Crippen molar-refractivity contribution in [3.8, 4) is 0 Å². The third-order valence-electron chi connectivity index (χ3n) is 4.47. The van der Waals surface area contributed by atoms with Gasteiger partial charge in [-0.05, 0) is 13.3 Å². The van der Waals surface area contributed by atoms with E-state index in [-0.39, 0.29) is 17.1 Å². The minimum Gasteiger partial charge on any atom is -0.375 e. The number of fused-ring (bicyclic) bond motifs is 1. The number of aromatic nitrogens is 2. The molecule has 1 aliphatic carbocycles. The lowest BCUT2D eigenvalue weighted by Gasteiger charge is -2.21. The molecule has 2 fully saturated rings. The average Bonchev–Trinajstić information content (AvgIpc) is 2.89. The highest BCUT2D eigenvalue weighted by atomic mass is 16.6. The second-order valence-corrected chi connectivity index (χ2v) is 5.34. The summed E-state index contributed by atoms with van der Waals surface area (Å²) in [5.74, 6) is 0. The van der Waals surface area contributed by atoms with Crippen molar-refractivity contribution in [2.45, 2.75) is 38.2 Å². The van der Waals surface area contributed by atoms with Crippen LogP contribution in [0.4, 0.5) is 0 Å². The van der Waals surface area contributed by atoms with Crippen molar-refractivity contribution in [1.82, 2.24) is 9.55 Å². The lowest BCUT2D eigenvalue weighted by molar-refractivity contribution is -0.0649. The van der Waals surface area contributed by atoms with Crippen LogP contribution in [0.2, 0.25) is 0 Å². The molecule has 2 aliphatic rings. The Morgan fingerprint density at radius 2 is 2.28 bits per heavy atom. The number of methoxy groups -OCH3 is 1. The Morgan fingerprint density at radius 3 is 2.78 bits per heavy atom. The largest absolute Gasteiger partial charge is 0.375 e. The van der Waals surface area contributed by atoms with E-state index in [0.717, 1.165) is 6.42 Å². The molecule has 2 unspecified atom stereocenters. The lowest BCUT2D eigenvalue weighted by atomic mass is 10.0. The van der Waals surface area contributed by atoms with Crippen molar-refractivity contribution >= 4 is 0 Å². The maximum atomic E-state index is 11.8. The molecule has 6 heteroatoms. The molecule has 1 saturated heterocycles. The van der Waals surface area contributed by atoms with Gasteiger partial charge in [-0.25, -0.2) is 4.79 Å². The molecule has 4 atom stereocenters. The van der Waals surface area contributed by atoms with Gasteiger partial charge in [-0.2, -0.15) is 0 Å². The van der Waals surface area contributed by atoms with Crippen LogP contribution in [0.15, 0.2) is 21.9 Å². The van der Waals surface area contributed by atoms with Gasteiger partial charge < -0.3 is 9.47 Å². The highest BCUT2D eigenvalue weighted by Gasteiger charge is 2.77. The van der Waals surface area contributed by atoms with Crippen LogP contribution < -0.4 is 11.2 Å². The van der Waals surface area contributed by atoms with Crippen LogP contribution in [0.5, 0.6) is 0 Å². The molecule has 0 amide bonds. The van der Waals surface area contributed by atoms with Crippen molar-refractivity contribution in [1.29, 1.82) is 0 Å². The van der Waals surface area contributed by atoms with Gasteiger partial charge in [-0.1, -0.05) is 6.92 Å². The van der Waals surface area contributed by atoms with Gasteiger partial charge in [0.2, 0.25) is 0 Å². The van der Waals surface area contributed by atoms with Crippen LogP contribution in [0.3, 0.4) is 0 Å². The fourth-order valence-electron chi connectivity index (χ4n) is 3.31. The van der Waals surface area contributed by atoms with E-state index < -0.39 is 17.5 Å². The van der Waals surface area contributed by atoms with E-state index in [4.69, 9.17) is 9.47 Å². The fraction of sp³-hybridized carbons (Fsp3) is 0.667. The summed E-state index contributed by atoms with van der Waals surface area (Å²) in [7, 11) is 1.67. The fourth-order valence-corrected chi connectivity index (χ4v) is 3.31. The van der Waals surface area contributed by atoms with E-state index in [2.05, 4.69) is 4.98 Å². The third-order valence-corrected chi connectivity index (χ3v) is 4.47. The Labute approximate surface area is 104 Å². The predicted octanol–water partition coefficient (Wildman–Crippen LogP) is 0.249. The Bertz CT molecular complexity index is 607. The standard InChI is InChI=1S/C12H16N2O4/c1-7-12(17-3)6-11(12,2)9(18-7)14-5-4-8(15)13-10(14)16/h4-5,7,9H,6H2,1-3H3,(H,13,15,16)/t7?,9-,11-,12?/m1/s1. The molecule has 0 spiro atoms. The molecule has 0 aromatic carbocycles. The smallest absolute Gasteiger partial charge is 0.330 e. The zero-order valence-corrected chi connectivity index (χ0v) is 10.6. The summed E-state index contributed by atoms with van der Waals surface area (Å²) in [4.78, 5) is 25.1. The Kier molecular flexibility index (Phi) is 2.16. The molecule has 2 heterocycles. The summed E-state index contributed by atoms with van der Waals surface area (Å²) in [6.07, 6.45) is 1.87. The second kappa shape index (κ2) is 3.33. The molecule has 1 N–H and O–H groups in total. The first-order chi connectivity index (χ1) is 8.44. The zero-order chi connectivity index (χ0) is 13.1. The number of nitrogens with zero attached hydrogens (tertiary/aromatic N) is 1. The van der Waals surface area contributed by atoms with Gasteiger partial charge in [0.25, 0.3) is 5.56 Å². The highest BCUT2D eigenvalue weighted by Crippen LogP contribution is 2.71. The van der Waals surface area contributed by atoms with E-state index in [1.807, 2.05) is 13.8 Å². The molecule has 0 bridgehead atoms. The molecule has 1 aromatic heterocycles. The van der Waals surface area contributed by atoms with E-state index >= 15 is 0 Å². The van der Waals surface area contributed by atoms with Crippen LogP contribution in [-0.2, 0) is 9.47 Å². The Hall–Kier alpha value is -1.40. The second-order valence-electron chi connectivity index (χ2n) is 5.34. The topological polar surface area (TPSA) is 73.3 Å². The van der Waals surface area contributed by atoms with Gasteiger partial charge in [-0.15, -0.1) is 0 Å². The SMILES string of the molecule is COC12C[C@]1(C)[C@H](n1ccc(=O)[nH]c1=O)OC2C. The molecule has 6 nitrogen and oxygen atoms in total. The van der Waals surface area contributed by atoms with Crippen molar-refractivity contribution in [2.24, 2.45) is 5.41 Å². The zero-order valence-electron chi connectivity index (χ0n) is 10.6. The maximum absolute atomic E-state index is 11.8. The van der Waals surface area contributed by atoms with Crippen LogP contribution in [-0.4, -0.2) is 28.4 Å². The lowest BCUT2D eigenvalue weighted by Crippen LogP contribution is -2.34. The van der Waals surface area contributed by atoms with Gasteiger partial charge in [0.15, 0.2) is 0 Å². The quantitative estimate of drug-likeness (QED) is 0.818. The first-order valence-electron chi connectivity index (χ1n) is 5.97. The van der Waals surface area contributed by atoms with Crippen LogP contribution in [0.1, 0.15) is 26.5 Å². The minimum absolute atomic E-state index is 0.0728. The average molecular weight is 252 g/mol. The predicted molar refractivity (Wildman–Crippen MR) is 63.4 cm³/mol. The third kappa shape index (κ3) is 1.19. The number of ether oxygens (including phenoxy) is 2. The summed E-state index contributed by atoms with van der Waals surface area (Å²) < 4.78 is 12.9. The van der Waals surface area contributed by atoms with Gasteiger partial charge >= 0.3 is 5.69 Å². The van der Waals surface area contributed by atoms with E-state index in [0.29, 0.717) is 0 Å². The molecule has 1 saturated carbocycles. The van der Waals surface area contributed by atoms with Gasteiger partial charge in [0.1, 0.15) is 11.8 Å². The van der Waals surface area contributed by atoms with E-state index in [1.165, 1.54) is 16.8 Å². The number of rotatable bonds is 2. The van der Waals surface area contributed by atoms with Gasteiger partial charge in [0, 0.05) is 24.8 Å². The summed E-state index contributed by atoms with van der Waals surface area (Å²) in [5.41, 5.74) is -1.38. The summed E-state index contributed by atoms with van der Waals surface area (Å²) in [5, 5.41) is 0. The monoisotopic (exact) mass is 252 g/mol. The molecule has 98 valence electrons. The van der Waals surface area contributed by atoms with Crippen molar-refractivity contribution in [3.63, 3.8) is 0 Å².